The molecule has 0 spiro atoms. The average molecular weight is 402 g/mol. The maximum atomic E-state index is 6.20. The highest BCUT2D eigenvalue weighted by Gasteiger charge is 2.27. The van der Waals surface area contributed by atoms with Gasteiger partial charge in [0, 0.05) is 17.0 Å². The summed E-state index contributed by atoms with van der Waals surface area (Å²) in [6.07, 6.45) is -0.505. The lowest BCUT2D eigenvalue weighted by atomic mass is 10.1. The fourth-order valence-electron chi connectivity index (χ4n) is 3.15. The number of aromatic nitrogens is 3. The number of furan rings is 1. The number of ether oxygens (including phenoxy) is 1. The predicted octanol–water partition coefficient (Wildman–Crippen LogP) is 5.24. The van der Waals surface area contributed by atoms with Gasteiger partial charge in [0.05, 0.1) is 0 Å². The van der Waals surface area contributed by atoms with Gasteiger partial charge in [-0.15, -0.1) is 10.2 Å². The normalized spacial score (nSPS) is 14.9. The van der Waals surface area contributed by atoms with E-state index in [1.165, 1.54) is 17.3 Å². The number of para-hydroxylation sites is 1. The molecule has 3 heterocycles. The second-order valence-electron chi connectivity index (χ2n) is 6.66. The van der Waals surface area contributed by atoms with Crippen molar-refractivity contribution in [3.8, 4) is 17.1 Å². The molecule has 0 fully saturated rings. The zero-order valence-corrected chi connectivity index (χ0v) is 16.5. The Morgan fingerprint density at radius 3 is 2.62 bits per heavy atom. The molecule has 144 valence electrons. The molecule has 0 aliphatic carbocycles. The molecule has 0 unspecified atom stereocenters. The van der Waals surface area contributed by atoms with Crippen LogP contribution in [0.5, 0.6) is 5.88 Å². The number of hydrogen-bond donors (Lipinski definition) is 1. The number of rotatable bonds is 4. The molecule has 7 heteroatoms. The monoisotopic (exact) mass is 402 g/mol. The number of nitrogens with one attached hydrogen (secondary N) is 1. The maximum absolute atomic E-state index is 6.20. The Hall–Kier alpha value is -3.32. The molecule has 1 aliphatic heterocycles. The summed E-state index contributed by atoms with van der Waals surface area (Å²) in [4.78, 5) is 4.66. The number of nitrogens with zero attached hydrogens (tertiary/aromatic N) is 3. The lowest BCUT2D eigenvalue weighted by Crippen LogP contribution is -2.16. The van der Waals surface area contributed by atoms with Gasteiger partial charge in [0.15, 0.2) is 11.5 Å². The van der Waals surface area contributed by atoms with Crippen LogP contribution in [0.4, 0.5) is 5.69 Å². The van der Waals surface area contributed by atoms with E-state index in [0.717, 1.165) is 22.8 Å². The highest BCUT2D eigenvalue weighted by atomic mass is 32.2. The summed E-state index contributed by atoms with van der Waals surface area (Å²) in [7, 11) is 0. The van der Waals surface area contributed by atoms with Gasteiger partial charge in [-0.3, -0.25) is 0 Å². The van der Waals surface area contributed by atoms with E-state index in [4.69, 9.17) is 9.15 Å². The van der Waals surface area contributed by atoms with Crippen LogP contribution in [0.2, 0.25) is 0 Å². The molecule has 0 radical (unpaired) electrons. The molecule has 0 saturated carbocycles. The van der Waals surface area contributed by atoms with E-state index < -0.39 is 6.23 Å². The van der Waals surface area contributed by atoms with Gasteiger partial charge in [-0.25, -0.2) is 0 Å². The van der Waals surface area contributed by atoms with Crippen molar-refractivity contribution in [3.63, 3.8) is 0 Å². The van der Waals surface area contributed by atoms with Crippen molar-refractivity contribution in [2.75, 3.05) is 5.32 Å². The summed E-state index contributed by atoms with van der Waals surface area (Å²) in [5.74, 6) is 2.70. The first-order chi connectivity index (χ1) is 14.3. The van der Waals surface area contributed by atoms with Crippen LogP contribution in [0, 0.1) is 6.92 Å². The topological polar surface area (TPSA) is 73.1 Å². The van der Waals surface area contributed by atoms with E-state index in [2.05, 4.69) is 32.6 Å². The number of hydrogen-bond acceptors (Lipinski definition) is 7. The van der Waals surface area contributed by atoms with Gasteiger partial charge in [0.2, 0.25) is 17.3 Å². The number of thioether (sulfide) groups is 1. The third-order valence-corrected chi connectivity index (χ3v) is 5.47. The Bertz CT molecular complexity index is 1150. The van der Waals surface area contributed by atoms with Crippen LogP contribution in [0.3, 0.4) is 0 Å². The highest BCUT2D eigenvalue weighted by molar-refractivity contribution is 7.98. The van der Waals surface area contributed by atoms with E-state index in [1.54, 1.807) is 0 Å². The van der Waals surface area contributed by atoms with Crippen molar-refractivity contribution >= 4 is 17.4 Å². The summed E-state index contributed by atoms with van der Waals surface area (Å²) in [5.41, 5.74) is 3.61. The summed E-state index contributed by atoms with van der Waals surface area (Å²) < 4.78 is 12.0. The molecule has 5 rings (SSSR count). The molecule has 1 atom stereocenters. The Kier molecular flexibility index (Phi) is 4.65. The van der Waals surface area contributed by atoms with Gasteiger partial charge in [-0.1, -0.05) is 60.3 Å². The van der Waals surface area contributed by atoms with Gasteiger partial charge in [-0.2, -0.15) is 4.98 Å². The molecular formula is C22H18N4O2S. The van der Waals surface area contributed by atoms with Crippen molar-refractivity contribution in [1.29, 1.82) is 0 Å². The first kappa shape index (κ1) is 17.8. The Labute approximate surface area is 172 Å². The number of fused-ring (bicyclic) bond motifs is 3. The summed E-state index contributed by atoms with van der Waals surface area (Å²) >= 11 is 1.53. The Morgan fingerprint density at radius 2 is 1.79 bits per heavy atom. The molecule has 0 bridgehead atoms. The predicted molar refractivity (Wildman–Crippen MR) is 112 cm³/mol. The van der Waals surface area contributed by atoms with Crippen LogP contribution >= 0.6 is 11.8 Å². The SMILES string of the molecule is Cc1ccc([C@@H]2Nc3ccccc3-c3nnc(SCc4ccccc4)nc3O2)o1. The van der Waals surface area contributed by atoms with Crippen LogP contribution in [0.25, 0.3) is 11.3 Å². The molecular weight excluding hydrogens is 384 g/mol. The molecule has 0 amide bonds. The van der Waals surface area contributed by atoms with Crippen LogP contribution in [0.1, 0.15) is 23.3 Å². The van der Waals surface area contributed by atoms with Gasteiger partial charge < -0.3 is 14.5 Å². The zero-order chi connectivity index (χ0) is 19.6. The van der Waals surface area contributed by atoms with Crippen LogP contribution in [0.15, 0.2) is 76.3 Å². The van der Waals surface area contributed by atoms with Crippen molar-refractivity contribution < 1.29 is 9.15 Å². The zero-order valence-electron chi connectivity index (χ0n) is 15.7. The maximum Gasteiger partial charge on any atom is 0.247 e. The van der Waals surface area contributed by atoms with Gasteiger partial charge in [-0.05, 0) is 30.7 Å². The molecule has 4 aromatic rings. The lowest BCUT2D eigenvalue weighted by Gasteiger charge is -2.16. The largest absolute Gasteiger partial charge is 0.460 e. The Balaban J connectivity index is 1.50. The molecule has 2 aromatic carbocycles. The average Bonchev–Trinajstić information content (AvgIpc) is 3.12. The number of aryl methyl sites for hydroxylation is 1. The van der Waals surface area contributed by atoms with E-state index in [1.807, 2.05) is 61.5 Å². The molecule has 2 aromatic heterocycles. The third kappa shape index (κ3) is 3.69. The van der Waals surface area contributed by atoms with Crippen LogP contribution in [-0.4, -0.2) is 15.2 Å². The summed E-state index contributed by atoms with van der Waals surface area (Å²) in [6, 6.07) is 21.9. The quantitative estimate of drug-likeness (QED) is 0.468. The van der Waals surface area contributed by atoms with E-state index >= 15 is 0 Å². The fourth-order valence-corrected chi connectivity index (χ4v) is 3.89. The first-order valence-electron chi connectivity index (χ1n) is 9.26. The van der Waals surface area contributed by atoms with Gasteiger partial charge in [0.1, 0.15) is 5.76 Å². The number of anilines is 1. The molecule has 6 nitrogen and oxygen atoms in total. The highest BCUT2D eigenvalue weighted by Crippen LogP contribution is 2.39. The third-order valence-electron chi connectivity index (χ3n) is 4.56. The molecule has 1 N–H and O–H groups in total. The first-order valence-corrected chi connectivity index (χ1v) is 10.3. The minimum Gasteiger partial charge on any atom is -0.460 e. The van der Waals surface area contributed by atoms with E-state index in [0.29, 0.717) is 22.5 Å². The van der Waals surface area contributed by atoms with E-state index in [-0.39, 0.29) is 0 Å². The molecule has 29 heavy (non-hydrogen) atoms. The standard InChI is InChI=1S/C22H18N4O2S/c1-14-11-12-18(27-14)20-23-17-10-6-5-9-16(17)19-21(28-20)24-22(26-25-19)29-13-15-7-3-2-4-8-15/h2-12,20,23H,13H2,1H3/t20-/m1/s1. The Morgan fingerprint density at radius 1 is 0.966 bits per heavy atom. The van der Waals surface area contributed by atoms with E-state index in [9.17, 15) is 0 Å². The second-order valence-corrected chi connectivity index (χ2v) is 7.60. The number of benzene rings is 2. The smallest absolute Gasteiger partial charge is 0.247 e. The minimum atomic E-state index is -0.505. The lowest BCUT2D eigenvalue weighted by molar-refractivity contribution is 0.194. The summed E-state index contributed by atoms with van der Waals surface area (Å²) in [5, 5.41) is 12.7. The van der Waals surface area contributed by atoms with Crippen molar-refractivity contribution in [2.45, 2.75) is 24.1 Å². The molecule has 1 aliphatic rings. The van der Waals surface area contributed by atoms with Crippen molar-refractivity contribution in [1.82, 2.24) is 15.2 Å². The molecule has 0 saturated heterocycles. The summed E-state index contributed by atoms with van der Waals surface area (Å²) in [6.45, 7) is 1.91. The van der Waals surface area contributed by atoms with Gasteiger partial charge in [0.25, 0.3) is 0 Å². The minimum absolute atomic E-state index is 0.437. The fraction of sp³-hybridized carbons (Fsp3) is 0.136. The van der Waals surface area contributed by atoms with Crippen LogP contribution in [-0.2, 0) is 5.75 Å². The van der Waals surface area contributed by atoms with Crippen molar-refractivity contribution in [3.05, 3.63) is 83.8 Å². The second kappa shape index (κ2) is 7.60. The van der Waals surface area contributed by atoms with Crippen molar-refractivity contribution in [2.24, 2.45) is 0 Å². The van der Waals surface area contributed by atoms with Gasteiger partial charge >= 0.3 is 0 Å². The van der Waals surface area contributed by atoms with Crippen LogP contribution < -0.4 is 10.1 Å².